The van der Waals surface area contributed by atoms with E-state index in [-0.39, 0.29) is 15.0 Å². The molecule has 19 heavy (non-hydrogen) atoms. The molecule has 2 saturated carbocycles. The second kappa shape index (κ2) is 5.53. The molecule has 2 fully saturated rings. The van der Waals surface area contributed by atoms with Crippen LogP contribution in [0.25, 0.3) is 0 Å². The van der Waals surface area contributed by atoms with Crippen molar-refractivity contribution in [3.05, 3.63) is 0 Å². The molecule has 0 amide bonds. The van der Waals surface area contributed by atoms with Gasteiger partial charge in [-0.05, 0) is 63.2 Å². The summed E-state index contributed by atoms with van der Waals surface area (Å²) in [6, 6.07) is 0. The zero-order valence-corrected chi connectivity index (χ0v) is 14.8. The monoisotopic (exact) mass is 378 g/mol. The number of hydrogen-bond donors (Lipinski definition) is 0. The van der Waals surface area contributed by atoms with Crippen LogP contribution < -0.4 is 0 Å². The average Bonchev–Trinajstić information content (AvgIpc) is 2.98. The Morgan fingerprint density at radius 1 is 1.47 bits per heavy atom. The van der Waals surface area contributed by atoms with Crippen LogP contribution >= 0.6 is 22.6 Å². The highest BCUT2D eigenvalue weighted by Gasteiger charge is 2.56. The minimum atomic E-state index is -0.375. The summed E-state index contributed by atoms with van der Waals surface area (Å²) < 4.78 is 5.82. The predicted octanol–water partition coefficient (Wildman–Crippen LogP) is 4.74. The average molecular weight is 378 g/mol. The highest BCUT2D eigenvalue weighted by Crippen LogP contribution is 2.56. The van der Waals surface area contributed by atoms with E-state index in [1.165, 1.54) is 19.3 Å². The summed E-state index contributed by atoms with van der Waals surface area (Å²) in [4.78, 5) is 12.5. The Bertz CT molecular complexity index is 353. The number of halogens is 1. The highest BCUT2D eigenvalue weighted by atomic mass is 127. The van der Waals surface area contributed by atoms with Crippen molar-refractivity contribution in [3.8, 4) is 0 Å². The van der Waals surface area contributed by atoms with E-state index >= 15 is 0 Å². The fourth-order valence-electron chi connectivity index (χ4n) is 3.92. The van der Waals surface area contributed by atoms with Crippen LogP contribution in [0.1, 0.15) is 66.2 Å². The minimum Gasteiger partial charge on any atom is -0.457 e. The molecule has 110 valence electrons. The maximum atomic E-state index is 12.5. The summed E-state index contributed by atoms with van der Waals surface area (Å²) in [6.45, 7) is 8.54. The number of alkyl halides is 1. The number of hydrogen-bond acceptors (Lipinski definition) is 2. The first-order valence-electron chi connectivity index (χ1n) is 7.78. The van der Waals surface area contributed by atoms with E-state index in [0.717, 1.165) is 25.2 Å². The summed E-state index contributed by atoms with van der Waals surface area (Å²) in [5.41, 5.74) is -0.156. The molecule has 2 aliphatic rings. The maximum Gasteiger partial charge on any atom is 0.322 e. The number of esters is 1. The van der Waals surface area contributed by atoms with Gasteiger partial charge < -0.3 is 4.74 Å². The molecule has 5 atom stereocenters. The van der Waals surface area contributed by atoms with Gasteiger partial charge in [-0.3, -0.25) is 4.79 Å². The van der Waals surface area contributed by atoms with E-state index in [1.54, 1.807) is 0 Å². The number of ether oxygens (including phenoxy) is 1. The molecule has 0 radical (unpaired) electrons. The summed E-state index contributed by atoms with van der Waals surface area (Å²) in [6.07, 6.45) is 6.91. The molecule has 2 aliphatic carbocycles. The molecule has 0 aromatic rings. The molecule has 2 bridgehead atoms. The van der Waals surface area contributed by atoms with Crippen LogP contribution in [0.2, 0.25) is 0 Å². The smallest absolute Gasteiger partial charge is 0.322 e. The molecule has 2 rings (SSSR count). The Morgan fingerprint density at radius 3 is 2.58 bits per heavy atom. The van der Waals surface area contributed by atoms with Crippen molar-refractivity contribution in [3.63, 3.8) is 0 Å². The summed E-state index contributed by atoms with van der Waals surface area (Å²) >= 11 is 2.25. The Hall–Kier alpha value is 0.200. The lowest BCUT2D eigenvalue weighted by Gasteiger charge is -2.43. The lowest BCUT2D eigenvalue weighted by Crippen LogP contribution is -2.49. The standard InChI is InChI=1S/C16H27IO2/c1-5-11(3)16(10-12-7-8-13(16)9-12)19-14(18)15(4,17)6-2/h11-13H,5-10H2,1-4H3. The van der Waals surface area contributed by atoms with E-state index in [2.05, 4.69) is 43.4 Å². The number of carbonyl (C=O) groups is 1. The van der Waals surface area contributed by atoms with Gasteiger partial charge in [0.15, 0.2) is 0 Å². The SMILES string of the molecule is CCC(C)C1(OC(=O)C(C)(I)CC)CC2CCC1C2. The second-order valence-corrected chi connectivity index (χ2v) is 9.17. The van der Waals surface area contributed by atoms with E-state index in [9.17, 15) is 4.79 Å². The van der Waals surface area contributed by atoms with E-state index < -0.39 is 0 Å². The lowest BCUT2D eigenvalue weighted by atomic mass is 9.74. The molecule has 3 heteroatoms. The number of carbonyl (C=O) groups excluding carboxylic acids is 1. The summed E-state index contributed by atoms with van der Waals surface area (Å²) in [7, 11) is 0. The van der Waals surface area contributed by atoms with Gasteiger partial charge in [0.05, 0.1) is 0 Å². The number of rotatable bonds is 5. The molecule has 0 aromatic carbocycles. The maximum absolute atomic E-state index is 12.5. The molecule has 2 nitrogen and oxygen atoms in total. The third-order valence-corrected chi connectivity index (χ3v) is 6.86. The Balaban J connectivity index is 2.19. The zero-order valence-electron chi connectivity index (χ0n) is 12.7. The van der Waals surface area contributed by atoms with Crippen LogP contribution in [0.3, 0.4) is 0 Å². The van der Waals surface area contributed by atoms with Crippen molar-refractivity contribution < 1.29 is 9.53 Å². The first-order valence-corrected chi connectivity index (χ1v) is 8.86. The first kappa shape index (κ1) is 15.6. The van der Waals surface area contributed by atoms with Gasteiger partial charge in [-0.2, -0.15) is 0 Å². The fourth-order valence-corrected chi connectivity index (χ4v) is 4.03. The Labute approximate surface area is 131 Å². The topological polar surface area (TPSA) is 26.3 Å². The van der Waals surface area contributed by atoms with Crippen molar-refractivity contribution in [1.82, 2.24) is 0 Å². The van der Waals surface area contributed by atoms with Crippen molar-refractivity contribution >= 4 is 28.6 Å². The zero-order chi connectivity index (χ0) is 14.3. The van der Waals surface area contributed by atoms with Crippen LogP contribution in [0.4, 0.5) is 0 Å². The van der Waals surface area contributed by atoms with Crippen LogP contribution in [0.5, 0.6) is 0 Å². The van der Waals surface area contributed by atoms with Crippen molar-refractivity contribution in [2.75, 3.05) is 0 Å². The van der Waals surface area contributed by atoms with Crippen LogP contribution in [0.15, 0.2) is 0 Å². The fraction of sp³-hybridized carbons (Fsp3) is 0.938. The molecule has 0 heterocycles. The highest BCUT2D eigenvalue weighted by molar-refractivity contribution is 14.1. The van der Waals surface area contributed by atoms with Crippen LogP contribution in [0, 0.1) is 17.8 Å². The molecular formula is C16H27IO2. The first-order chi connectivity index (χ1) is 8.85. The normalized spacial score (nSPS) is 37.9. The van der Waals surface area contributed by atoms with Gasteiger partial charge in [-0.1, -0.05) is 43.4 Å². The van der Waals surface area contributed by atoms with Gasteiger partial charge in [-0.15, -0.1) is 0 Å². The second-order valence-electron chi connectivity index (χ2n) is 6.78. The molecule has 0 spiro atoms. The van der Waals surface area contributed by atoms with Crippen LogP contribution in [-0.4, -0.2) is 15.0 Å². The van der Waals surface area contributed by atoms with Gasteiger partial charge in [-0.25, -0.2) is 0 Å². The molecule has 0 saturated heterocycles. The van der Waals surface area contributed by atoms with Gasteiger partial charge >= 0.3 is 5.97 Å². The van der Waals surface area contributed by atoms with E-state index in [0.29, 0.717) is 11.8 Å². The van der Waals surface area contributed by atoms with Crippen LogP contribution in [-0.2, 0) is 9.53 Å². The quantitative estimate of drug-likeness (QED) is 0.393. The number of fused-ring (bicyclic) bond motifs is 2. The van der Waals surface area contributed by atoms with Crippen molar-refractivity contribution in [1.29, 1.82) is 0 Å². The molecule has 0 aromatic heterocycles. The molecule has 0 aliphatic heterocycles. The largest absolute Gasteiger partial charge is 0.457 e. The Morgan fingerprint density at radius 2 is 2.16 bits per heavy atom. The lowest BCUT2D eigenvalue weighted by molar-refractivity contribution is -0.176. The molecular weight excluding hydrogens is 351 g/mol. The van der Waals surface area contributed by atoms with Crippen molar-refractivity contribution in [2.45, 2.75) is 75.2 Å². The van der Waals surface area contributed by atoms with E-state index in [1.807, 2.05) is 6.92 Å². The van der Waals surface area contributed by atoms with Gasteiger partial charge in [0.2, 0.25) is 0 Å². The summed E-state index contributed by atoms with van der Waals surface area (Å²) in [5, 5.41) is 0. The Kier molecular flexibility index (Phi) is 4.54. The summed E-state index contributed by atoms with van der Waals surface area (Å²) in [5.74, 6) is 1.90. The molecule has 0 N–H and O–H groups in total. The van der Waals surface area contributed by atoms with Gasteiger partial charge in [0.25, 0.3) is 0 Å². The minimum absolute atomic E-state index is 0.00319. The van der Waals surface area contributed by atoms with E-state index in [4.69, 9.17) is 4.74 Å². The van der Waals surface area contributed by atoms with Crippen molar-refractivity contribution in [2.24, 2.45) is 17.8 Å². The molecule has 5 unspecified atom stereocenters. The third kappa shape index (κ3) is 2.68. The predicted molar refractivity (Wildman–Crippen MR) is 86.4 cm³/mol. The van der Waals surface area contributed by atoms with Gasteiger partial charge in [0.1, 0.15) is 9.02 Å². The third-order valence-electron chi connectivity index (χ3n) is 5.66. The van der Waals surface area contributed by atoms with Gasteiger partial charge in [0, 0.05) is 0 Å².